The van der Waals surface area contributed by atoms with E-state index in [0.717, 1.165) is 12.2 Å². The number of aromatic hydroxyl groups is 2. The molecular formula is C88H123N13O21S2. The molecule has 0 spiro atoms. The van der Waals surface area contributed by atoms with E-state index in [9.17, 15) is 92.7 Å². The van der Waals surface area contributed by atoms with Gasteiger partial charge in [-0.1, -0.05) is 162 Å². The van der Waals surface area contributed by atoms with Gasteiger partial charge in [-0.05, 0) is 135 Å². The first kappa shape index (κ1) is 105. The molecule has 0 fully saturated rings. The third-order valence-electron chi connectivity index (χ3n) is 18.8. The summed E-state index contributed by atoms with van der Waals surface area (Å²) in [5.41, 5.74) is 7.72. The highest BCUT2D eigenvalue weighted by Crippen LogP contribution is 2.25. The van der Waals surface area contributed by atoms with Gasteiger partial charge in [0.05, 0.1) is 51.7 Å². The lowest BCUT2D eigenvalue weighted by atomic mass is 10.0. The zero-order valence-electron chi connectivity index (χ0n) is 71.7. The van der Waals surface area contributed by atoms with Crippen LogP contribution in [0.2, 0.25) is 0 Å². The predicted octanol–water partition coefficient (Wildman–Crippen LogP) is 3.12. The molecule has 34 nitrogen and oxygen atoms in total. The van der Waals surface area contributed by atoms with E-state index < -0.39 is 157 Å². The number of hydrogen-bond acceptors (Lipinski definition) is 22. The number of aliphatic hydroxyl groups excluding tert-OH is 2. The molecule has 4 rings (SSSR count). The number of aliphatic carboxylic acids is 1. The summed E-state index contributed by atoms with van der Waals surface area (Å²) in [7, 11) is 3.22. The fraction of sp³-hybridized carbons (Fsp3) is 0.523. The van der Waals surface area contributed by atoms with Crippen LogP contribution in [0.15, 0.2) is 97.1 Å². The second-order valence-corrected chi connectivity index (χ2v) is 33.2. The van der Waals surface area contributed by atoms with E-state index in [2.05, 4.69) is 94.4 Å². The number of amides is 13. The smallest absolute Gasteiger partial charge is 0.303 e. The monoisotopic (exact) mass is 1760 g/mol. The van der Waals surface area contributed by atoms with E-state index in [1.165, 1.54) is 163 Å². The Labute approximate surface area is 732 Å². The molecule has 0 aromatic heterocycles. The summed E-state index contributed by atoms with van der Waals surface area (Å²) < 4.78 is 11.1. The molecule has 0 aliphatic rings. The van der Waals surface area contributed by atoms with Gasteiger partial charge in [0.2, 0.25) is 65.0 Å². The molecule has 19 N–H and O–H groups in total. The van der Waals surface area contributed by atoms with Gasteiger partial charge in [-0.2, -0.15) is 0 Å². The molecule has 0 heterocycles. The van der Waals surface area contributed by atoms with Crippen molar-refractivity contribution in [3.63, 3.8) is 0 Å². The van der Waals surface area contributed by atoms with Crippen molar-refractivity contribution >= 4 is 104 Å². The fourth-order valence-electron chi connectivity index (χ4n) is 12.2. The predicted molar refractivity (Wildman–Crippen MR) is 469 cm³/mol. The maximum absolute atomic E-state index is 14.1. The number of phenols is 2. The fourth-order valence-corrected chi connectivity index (χ4v) is 14.5. The highest BCUT2D eigenvalue weighted by atomic mass is 33.1. The summed E-state index contributed by atoms with van der Waals surface area (Å²) in [5.74, 6) is 1.47. The Morgan fingerprint density at radius 3 is 1.44 bits per heavy atom. The lowest BCUT2D eigenvalue weighted by Gasteiger charge is -2.27. The van der Waals surface area contributed by atoms with Crippen molar-refractivity contribution in [1.82, 2.24) is 63.8 Å². The second kappa shape index (κ2) is 58.7. The van der Waals surface area contributed by atoms with Gasteiger partial charge in [0, 0.05) is 66.5 Å². The molecule has 0 saturated carbocycles. The molecule has 678 valence electrons. The van der Waals surface area contributed by atoms with Gasteiger partial charge < -0.3 is 105 Å². The largest absolute Gasteiger partial charge is 0.508 e. The van der Waals surface area contributed by atoms with Crippen LogP contribution >= 0.6 is 21.6 Å². The minimum Gasteiger partial charge on any atom is -0.508 e. The maximum Gasteiger partial charge on any atom is 0.303 e. The van der Waals surface area contributed by atoms with Crippen LogP contribution in [-0.2, 0) is 79.8 Å². The molecule has 13 amide bonds. The first-order valence-corrected chi connectivity index (χ1v) is 44.1. The SMILES string of the molecule is CCCCCCCCCCCCSSC[C@H](NC(C)=O)C(=O)NCCOCCOCC(=O)N[C@@H](Cc1ccc(O)cc1)C(=O)N[C@H](C(=O)NCC(=O)N[C@@H](CC(C)C)C(=O)NCC#Cc1ccc(C(=O)NCC#Cc2ccc(C(=O)N[C@@H](Cc3ccc(O)cc3)C(=O)N[C@@H](CCC(=O)O)C(=O)N[C@H](C(=O)N[C@@H](CC(C)C)C(N)=O)[C@@H](C)O)cc2)cc1)[C@@H](C)O. The number of unbranched alkanes of at least 4 members (excludes halogenated alkanes) is 9. The number of phenolic OH excluding ortho intramolecular Hbond substituents is 2. The zero-order valence-corrected chi connectivity index (χ0v) is 73.3. The van der Waals surface area contributed by atoms with E-state index in [1.807, 2.05) is 13.8 Å². The van der Waals surface area contributed by atoms with Gasteiger partial charge >= 0.3 is 5.97 Å². The minimum absolute atomic E-state index is 0.0389. The number of carbonyl (C=O) groups excluding carboxylic acids is 13. The Morgan fingerprint density at radius 2 is 0.911 bits per heavy atom. The summed E-state index contributed by atoms with van der Waals surface area (Å²) in [6.07, 6.45) is 8.33. The number of carbonyl (C=O) groups is 14. The molecule has 0 radical (unpaired) electrons. The highest BCUT2D eigenvalue weighted by molar-refractivity contribution is 8.76. The average Bonchev–Trinajstić information content (AvgIpc) is 1.05. The van der Waals surface area contributed by atoms with Crippen molar-refractivity contribution in [2.24, 2.45) is 17.6 Å². The average molecular weight is 1760 g/mol. The Bertz CT molecular complexity index is 4230. The number of carboxylic acid groups (broad SMARTS) is 1. The van der Waals surface area contributed by atoms with Gasteiger partial charge in [0.1, 0.15) is 66.4 Å². The Morgan fingerprint density at radius 1 is 0.444 bits per heavy atom. The standard InChI is InChI=1S/C88H123N13O21S2/c1-9-10-11-12-13-14-15-16-17-18-47-123-124-54-73(94-59(8)104)83(115)92-43-44-121-45-46-122-53-75(108)96-71(50-62-27-35-66(105)36-28-62)86(118)100-77(57(6)102)87(119)93-52-74(107)95-70(49-56(4)5)82(114)91-42-20-22-60-23-31-64(32-24-60)80(112)90-41-19-21-61-25-33-65(34-26-61)81(113)99-72(51-63-29-37-67(106)38-30-63)85(117)97-68(39-40-76(109)110)84(116)101-78(58(7)103)88(120)98-69(79(89)111)48-55(2)3/h23-38,55-58,68-73,77-78,102-103,105-106H,9-18,39-54H2,1-8H3,(H2,89,111)(H,90,112)(H,91,114)(H,92,115)(H,93,119)(H,94,104)(H,95,107)(H,96,108)(H,97,117)(H,98,120)(H,99,113)(H,100,118)(H,101,116)(H,109,110)/t57-,58-,68+,69+,70+,71+,72+,73+,77+,78+/m1/s1. The van der Waals surface area contributed by atoms with Gasteiger partial charge in [0.15, 0.2) is 0 Å². The van der Waals surface area contributed by atoms with Gasteiger partial charge in [0.25, 0.3) is 11.8 Å². The molecule has 4 aromatic carbocycles. The normalized spacial score (nSPS) is 13.4. The molecule has 0 saturated heterocycles. The van der Waals surface area contributed by atoms with Crippen LogP contribution in [0.1, 0.15) is 188 Å². The molecule has 0 unspecified atom stereocenters. The summed E-state index contributed by atoms with van der Waals surface area (Å²) >= 11 is 0. The van der Waals surface area contributed by atoms with Crippen molar-refractivity contribution in [2.45, 2.75) is 219 Å². The van der Waals surface area contributed by atoms with Crippen molar-refractivity contribution in [2.75, 3.05) is 64.1 Å². The van der Waals surface area contributed by atoms with Crippen molar-refractivity contribution in [3.8, 4) is 35.2 Å². The third kappa shape index (κ3) is 43.7. The number of hydrogen-bond donors (Lipinski definition) is 18. The van der Waals surface area contributed by atoms with E-state index in [1.54, 1.807) is 47.6 Å². The molecule has 36 heteroatoms. The van der Waals surface area contributed by atoms with Crippen LogP contribution in [0.4, 0.5) is 0 Å². The first-order chi connectivity index (χ1) is 59.1. The maximum atomic E-state index is 14.1. The summed E-state index contributed by atoms with van der Waals surface area (Å²) in [6, 6.07) is 12.9. The van der Waals surface area contributed by atoms with E-state index >= 15 is 0 Å². The van der Waals surface area contributed by atoms with E-state index in [-0.39, 0.29) is 111 Å². The molecule has 0 aliphatic carbocycles. The first-order valence-electron chi connectivity index (χ1n) is 41.6. The van der Waals surface area contributed by atoms with Crippen LogP contribution in [0.25, 0.3) is 0 Å². The summed E-state index contributed by atoms with van der Waals surface area (Å²) in [6.45, 7) is 12.0. The second-order valence-electron chi connectivity index (χ2n) is 30.6. The Balaban J connectivity index is 1.24. The van der Waals surface area contributed by atoms with Crippen LogP contribution < -0.4 is 69.5 Å². The molecular weight excluding hydrogens is 1640 g/mol. The molecule has 4 aromatic rings. The van der Waals surface area contributed by atoms with Gasteiger partial charge in [-0.15, -0.1) is 0 Å². The summed E-state index contributed by atoms with van der Waals surface area (Å²) in [4.78, 5) is 184. The number of primary amides is 1. The number of benzene rings is 4. The van der Waals surface area contributed by atoms with Gasteiger partial charge in [-0.25, -0.2) is 0 Å². The number of ether oxygens (including phenoxy) is 2. The molecule has 10 atom stereocenters. The molecule has 0 bridgehead atoms. The lowest BCUT2D eigenvalue weighted by Crippen LogP contribution is -2.60. The zero-order chi connectivity index (χ0) is 91.5. The number of carboxylic acids is 1. The number of rotatable bonds is 57. The van der Waals surface area contributed by atoms with Crippen LogP contribution in [0.3, 0.4) is 0 Å². The van der Waals surface area contributed by atoms with Gasteiger partial charge in [-0.3, -0.25) is 67.1 Å². The van der Waals surface area contributed by atoms with Crippen LogP contribution in [0, 0.1) is 35.5 Å². The van der Waals surface area contributed by atoms with E-state index in [4.69, 9.17) is 15.2 Å². The lowest BCUT2D eigenvalue weighted by molar-refractivity contribution is -0.139. The number of aliphatic hydroxyl groups is 2. The van der Waals surface area contributed by atoms with Crippen molar-refractivity contribution < 1.29 is 102 Å². The Kier molecular flexibility index (Phi) is 49.8. The quantitative estimate of drug-likeness (QED) is 0.0171. The number of nitrogens with one attached hydrogen (secondary N) is 12. The molecule has 0 aliphatic heterocycles. The molecule has 124 heavy (non-hydrogen) atoms. The highest BCUT2D eigenvalue weighted by Gasteiger charge is 2.36. The number of nitrogens with two attached hydrogens (primary N) is 1. The van der Waals surface area contributed by atoms with Crippen LogP contribution in [0.5, 0.6) is 11.5 Å². The Hall–Kier alpha value is -11.3. The van der Waals surface area contributed by atoms with Crippen molar-refractivity contribution in [1.29, 1.82) is 0 Å². The topological polar surface area (TPSA) is 529 Å². The van der Waals surface area contributed by atoms with Crippen molar-refractivity contribution in [3.05, 3.63) is 130 Å². The van der Waals surface area contributed by atoms with E-state index in [0.29, 0.717) is 28.0 Å². The van der Waals surface area contributed by atoms with Crippen LogP contribution in [-0.4, -0.2) is 233 Å². The minimum atomic E-state index is -1.68. The summed E-state index contributed by atoms with van der Waals surface area (Å²) in [5, 5.41) is 81.3. The third-order valence-corrected chi connectivity index (χ3v) is 21.3.